The summed E-state index contributed by atoms with van der Waals surface area (Å²) in [6.07, 6.45) is 0. The van der Waals surface area contributed by atoms with Crippen LogP contribution in [0.2, 0.25) is 0 Å². The molecule has 76 valence electrons. The molecule has 2 rings (SSSR count). The highest BCUT2D eigenvalue weighted by atomic mass is 16.5. The average Bonchev–Trinajstić information content (AvgIpc) is 2.18. The van der Waals surface area contributed by atoms with Gasteiger partial charge in [-0.1, -0.05) is 0 Å². The number of phenols is 2. The largest absolute Gasteiger partial charge is 0.508 e. The van der Waals surface area contributed by atoms with Crippen LogP contribution in [-0.4, -0.2) is 30.0 Å². The summed E-state index contributed by atoms with van der Waals surface area (Å²) >= 11 is 0. The molecule has 0 bridgehead atoms. The third-order valence-corrected chi connectivity index (χ3v) is 2.25. The molecule has 0 saturated carbocycles. The first-order valence-electron chi connectivity index (χ1n) is 4.60. The van der Waals surface area contributed by atoms with Crippen molar-refractivity contribution in [3.8, 4) is 11.5 Å². The molecule has 1 aliphatic heterocycles. The van der Waals surface area contributed by atoms with E-state index in [-0.39, 0.29) is 17.5 Å². The summed E-state index contributed by atoms with van der Waals surface area (Å²) < 4.78 is 5.29. The lowest BCUT2D eigenvalue weighted by Crippen LogP contribution is -2.34. The fourth-order valence-corrected chi connectivity index (χ4v) is 1.60. The fraction of sp³-hybridized carbons (Fsp3) is 0.400. The van der Waals surface area contributed by atoms with Gasteiger partial charge in [0.25, 0.3) is 0 Å². The predicted molar refractivity (Wildman–Crippen MR) is 51.3 cm³/mol. The van der Waals surface area contributed by atoms with E-state index in [0.717, 1.165) is 12.1 Å². The van der Waals surface area contributed by atoms with Crippen LogP contribution in [0.3, 0.4) is 0 Å². The number of aromatic hydroxyl groups is 2. The zero-order chi connectivity index (χ0) is 9.97. The van der Waals surface area contributed by atoms with Gasteiger partial charge in [-0.05, 0) is 17.7 Å². The molecule has 1 atom stereocenters. The molecule has 1 aromatic carbocycles. The molecule has 0 radical (unpaired) electrons. The smallest absolute Gasteiger partial charge is 0.119 e. The Hall–Kier alpha value is -1.26. The molecule has 0 aromatic heterocycles. The molecular formula is C10H13NO3. The number of phenolic OH excluding ortho intramolecular Hbond substituents is 2. The Bertz CT molecular complexity index is 301. The third kappa shape index (κ3) is 1.97. The Morgan fingerprint density at radius 3 is 2.50 bits per heavy atom. The van der Waals surface area contributed by atoms with Crippen molar-refractivity contribution >= 4 is 0 Å². The summed E-state index contributed by atoms with van der Waals surface area (Å²) in [7, 11) is 0. The normalized spacial score (nSPS) is 22.1. The molecular weight excluding hydrogens is 182 g/mol. The zero-order valence-electron chi connectivity index (χ0n) is 7.73. The van der Waals surface area contributed by atoms with Gasteiger partial charge in [-0.25, -0.2) is 0 Å². The van der Waals surface area contributed by atoms with Gasteiger partial charge < -0.3 is 20.3 Å². The number of benzene rings is 1. The maximum atomic E-state index is 9.30. The first-order chi connectivity index (χ1) is 6.75. The Balaban J connectivity index is 2.21. The van der Waals surface area contributed by atoms with Gasteiger partial charge in [-0.15, -0.1) is 0 Å². The average molecular weight is 195 g/mol. The lowest BCUT2D eigenvalue weighted by Gasteiger charge is -2.24. The van der Waals surface area contributed by atoms with Crippen LogP contribution in [-0.2, 0) is 4.74 Å². The molecule has 0 spiro atoms. The number of nitrogens with one attached hydrogen (secondary N) is 1. The molecule has 0 amide bonds. The van der Waals surface area contributed by atoms with Crippen molar-refractivity contribution in [1.29, 1.82) is 0 Å². The van der Waals surface area contributed by atoms with Crippen LogP contribution in [0.4, 0.5) is 0 Å². The van der Waals surface area contributed by atoms with E-state index in [1.165, 1.54) is 6.07 Å². The molecule has 1 heterocycles. The maximum absolute atomic E-state index is 9.30. The van der Waals surface area contributed by atoms with Gasteiger partial charge in [0.15, 0.2) is 0 Å². The lowest BCUT2D eigenvalue weighted by molar-refractivity contribution is 0.0767. The first-order valence-corrected chi connectivity index (χ1v) is 4.60. The number of morpholine rings is 1. The minimum atomic E-state index is 0.0572. The SMILES string of the molecule is Oc1cc(O)cc(C2COCCN2)c1. The second-order valence-corrected chi connectivity index (χ2v) is 3.36. The Morgan fingerprint density at radius 2 is 1.93 bits per heavy atom. The number of rotatable bonds is 1. The van der Waals surface area contributed by atoms with Gasteiger partial charge in [0.2, 0.25) is 0 Å². The van der Waals surface area contributed by atoms with Crippen molar-refractivity contribution < 1.29 is 14.9 Å². The molecule has 1 aromatic rings. The molecule has 4 heteroatoms. The van der Waals surface area contributed by atoms with Crippen molar-refractivity contribution in [2.45, 2.75) is 6.04 Å². The van der Waals surface area contributed by atoms with Crippen LogP contribution in [0.15, 0.2) is 18.2 Å². The van der Waals surface area contributed by atoms with Crippen LogP contribution in [0.1, 0.15) is 11.6 Å². The van der Waals surface area contributed by atoms with Gasteiger partial charge in [0, 0.05) is 12.6 Å². The summed E-state index contributed by atoms with van der Waals surface area (Å²) in [6.45, 7) is 2.07. The van der Waals surface area contributed by atoms with Crippen LogP contribution in [0.25, 0.3) is 0 Å². The van der Waals surface area contributed by atoms with Crippen LogP contribution in [0, 0.1) is 0 Å². The van der Waals surface area contributed by atoms with Gasteiger partial charge in [0.05, 0.1) is 19.3 Å². The second kappa shape index (κ2) is 3.86. The fourth-order valence-electron chi connectivity index (χ4n) is 1.60. The van der Waals surface area contributed by atoms with Gasteiger partial charge in [-0.3, -0.25) is 0 Å². The van der Waals surface area contributed by atoms with Crippen LogP contribution in [0.5, 0.6) is 11.5 Å². The van der Waals surface area contributed by atoms with E-state index in [0.29, 0.717) is 13.2 Å². The highest BCUT2D eigenvalue weighted by Gasteiger charge is 2.16. The van der Waals surface area contributed by atoms with E-state index in [1.54, 1.807) is 12.1 Å². The molecule has 14 heavy (non-hydrogen) atoms. The highest BCUT2D eigenvalue weighted by Crippen LogP contribution is 2.25. The minimum absolute atomic E-state index is 0.0572. The number of hydrogen-bond donors (Lipinski definition) is 3. The van der Waals surface area contributed by atoms with E-state index in [9.17, 15) is 10.2 Å². The molecule has 0 aliphatic carbocycles. The minimum Gasteiger partial charge on any atom is -0.508 e. The third-order valence-electron chi connectivity index (χ3n) is 2.25. The Morgan fingerprint density at radius 1 is 1.21 bits per heavy atom. The molecule has 1 fully saturated rings. The highest BCUT2D eigenvalue weighted by molar-refractivity contribution is 5.38. The Labute approximate surface area is 82.1 Å². The summed E-state index contributed by atoms with van der Waals surface area (Å²) in [5, 5.41) is 21.8. The van der Waals surface area contributed by atoms with Crippen molar-refractivity contribution in [1.82, 2.24) is 5.32 Å². The second-order valence-electron chi connectivity index (χ2n) is 3.36. The van der Waals surface area contributed by atoms with E-state index in [4.69, 9.17) is 4.74 Å². The van der Waals surface area contributed by atoms with Crippen molar-refractivity contribution in [3.63, 3.8) is 0 Å². The van der Waals surface area contributed by atoms with Crippen molar-refractivity contribution in [3.05, 3.63) is 23.8 Å². The molecule has 1 aliphatic rings. The predicted octanol–water partition coefficient (Wildman–Crippen LogP) is 0.759. The summed E-state index contributed by atoms with van der Waals surface area (Å²) in [5.74, 6) is 0.153. The monoisotopic (exact) mass is 195 g/mol. The zero-order valence-corrected chi connectivity index (χ0v) is 7.73. The summed E-state index contributed by atoms with van der Waals surface area (Å²) in [6, 6.07) is 4.63. The lowest BCUT2D eigenvalue weighted by atomic mass is 10.1. The number of hydrogen-bond acceptors (Lipinski definition) is 4. The molecule has 1 saturated heterocycles. The summed E-state index contributed by atoms with van der Waals surface area (Å²) in [5.41, 5.74) is 0.849. The standard InChI is InChI=1S/C10H13NO3/c12-8-3-7(4-9(13)5-8)10-6-14-2-1-11-10/h3-5,10-13H,1-2,6H2. The van der Waals surface area contributed by atoms with Gasteiger partial charge in [0.1, 0.15) is 11.5 Å². The van der Waals surface area contributed by atoms with E-state index in [2.05, 4.69) is 5.32 Å². The van der Waals surface area contributed by atoms with Crippen molar-refractivity contribution in [2.75, 3.05) is 19.8 Å². The van der Waals surface area contributed by atoms with Crippen LogP contribution < -0.4 is 5.32 Å². The maximum Gasteiger partial charge on any atom is 0.119 e. The van der Waals surface area contributed by atoms with Crippen LogP contribution >= 0.6 is 0 Å². The van der Waals surface area contributed by atoms with E-state index < -0.39 is 0 Å². The molecule has 1 unspecified atom stereocenters. The Kier molecular flexibility index (Phi) is 2.56. The quantitative estimate of drug-likeness (QED) is 0.619. The van der Waals surface area contributed by atoms with E-state index >= 15 is 0 Å². The summed E-state index contributed by atoms with van der Waals surface area (Å²) in [4.78, 5) is 0. The molecule has 3 N–H and O–H groups in total. The van der Waals surface area contributed by atoms with E-state index in [1.807, 2.05) is 0 Å². The number of ether oxygens (including phenoxy) is 1. The van der Waals surface area contributed by atoms with Crippen molar-refractivity contribution in [2.24, 2.45) is 0 Å². The first kappa shape index (κ1) is 9.30. The molecule has 4 nitrogen and oxygen atoms in total. The van der Waals surface area contributed by atoms with Gasteiger partial charge >= 0.3 is 0 Å². The van der Waals surface area contributed by atoms with Gasteiger partial charge in [-0.2, -0.15) is 0 Å². The topological polar surface area (TPSA) is 61.7 Å².